The summed E-state index contributed by atoms with van der Waals surface area (Å²) in [4.78, 5) is 32.4. The second-order valence-corrected chi connectivity index (χ2v) is 14.0. The zero-order valence-electron chi connectivity index (χ0n) is 30.4. The van der Waals surface area contributed by atoms with Gasteiger partial charge in [0, 0.05) is 66.7 Å². The van der Waals surface area contributed by atoms with Gasteiger partial charge in [-0.05, 0) is 72.5 Å². The number of halogens is 2. The van der Waals surface area contributed by atoms with Gasteiger partial charge < -0.3 is 40.6 Å². The van der Waals surface area contributed by atoms with Gasteiger partial charge >= 0.3 is 0 Å². The Hall–Kier alpha value is -4.43. The van der Waals surface area contributed by atoms with Crippen LogP contribution < -0.4 is 40.6 Å². The molecule has 0 radical (unpaired) electrons. The fourth-order valence-electron chi connectivity index (χ4n) is 5.28. The lowest BCUT2D eigenvalue weighted by atomic mass is 10.1. The summed E-state index contributed by atoms with van der Waals surface area (Å²) in [5.74, 6) is 2.95. The minimum absolute atomic E-state index is 0.0163. The molecule has 2 aliphatic heterocycles. The lowest BCUT2D eigenvalue weighted by molar-refractivity contribution is -0.119. The fraction of sp³-hybridized carbons (Fsp3) is 0.325. The highest BCUT2D eigenvalue weighted by Crippen LogP contribution is 2.36. The van der Waals surface area contributed by atoms with Crippen molar-refractivity contribution in [2.24, 2.45) is 5.73 Å². The summed E-state index contributed by atoms with van der Waals surface area (Å²) in [5.41, 5.74) is 11.4. The third-order valence-electron chi connectivity index (χ3n) is 8.33. The van der Waals surface area contributed by atoms with Crippen molar-refractivity contribution in [3.63, 3.8) is 0 Å². The first-order valence-electron chi connectivity index (χ1n) is 17.2. The van der Waals surface area contributed by atoms with E-state index >= 15 is 0 Å². The lowest BCUT2D eigenvalue weighted by Crippen LogP contribution is -2.32. The highest BCUT2D eigenvalue weighted by molar-refractivity contribution is 9.10. The van der Waals surface area contributed by atoms with Gasteiger partial charge in [0.05, 0.1) is 11.6 Å². The molecule has 0 aromatic heterocycles. The van der Waals surface area contributed by atoms with Crippen LogP contribution in [0.25, 0.3) is 0 Å². The number of nitrogens with two attached hydrogens (primary N) is 1. The molecule has 0 aliphatic carbocycles. The molecule has 0 fully saturated rings. The second kappa shape index (κ2) is 20.7. The Labute approximate surface area is 327 Å². The van der Waals surface area contributed by atoms with Crippen LogP contribution in [0.2, 0.25) is 0 Å². The van der Waals surface area contributed by atoms with Gasteiger partial charge in [0.1, 0.15) is 42.8 Å². The maximum Gasteiger partial charge on any atom is 0.216 e. The van der Waals surface area contributed by atoms with E-state index in [1.54, 1.807) is 18.2 Å². The molecule has 2 amide bonds. The van der Waals surface area contributed by atoms with Crippen molar-refractivity contribution in [1.29, 1.82) is 0 Å². The number of fused-ring (bicyclic) bond motifs is 2. The number of hydrogen-bond donors (Lipinski definition) is 4. The lowest BCUT2D eigenvalue weighted by Gasteiger charge is -2.13. The predicted octanol–water partition coefficient (Wildman–Crippen LogP) is 6.49. The van der Waals surface area contributed by atoms with Crippen LogP contribution in [0.1, 0.15) is 58.1 Å². The molecule has 11 nitrogen and oxygen atoms in total. The summed E-state index contributed by atoms with van der Waals surface area (Å²) in [6.45, 7) is 11.2. The van der Waals surface area contributed by atoms with Crippen LogP contribution >= 0.6 is 31.9 Å². The van der Waals surface area contributed by atoms with Crippen LogP contribution in [0.3, 0.4) is 0 Å². The molecule has 4 aromatic carbocycles. The third kappa shape index (κ3) is 12.6. The van der Waals surface area contributed by atoms with E-state index in [9.17, 15) is 14.4 Å². The molecule has 0 spiro atoms. The molecule has 13 heteroatoms. The Kier molecular flexibility index (Phi) is 16.2. The number of amides is 2. The van der Waals surface area contributed by atoms with Gasteiger partial charge in [-0.2, -0.15) is 0 Å². The highest BCUT2D eigenvalue weighted by atomic mass is 79.9. The number of ether oxygens (including phenoxy) is 4. The van der Waals surface area contributed by atoms with Gasteiger partial charge in [0.2, 0.25) is 17.6 Å². The maximum absolute atomic E-state index is 11.5. The van der Waals surface area contributed by atoms with Gasteiger partial charge in [-0.15, -0.1) is 0 Å². The minimum atomic E-state index is -0.0227. The standard InChI is InChI=1S/C20H23BrN2O3.C16H13BrO3.C4H10N2O/c1-13-15(4-3-5-18(13)21)11-25-16-6-7-17-19(12-26-20(17)10-16)23-9-8-22-14(2)24;1-10-11(3-2-4-14(10)17)8-19-12-5-6-13-15(18)9-20-16(13)7-12;1-4(7)6-3-2-5/h3-7,10,19,23H,8-9,11-12H2,1-2H3,(H,22,24);2-7H,8-9H2,1H3;2-3,5H2,1H3,(H,6,7). The zero-order valence-corrected chi connectivity index (χ0v) is 33.5. The molecule has 282 valence electrons. The van der Waals surface area contributed by atoms with Gasteiger partial charge in [-0.25, -0.2) is 0 Å². The van der Waals surface area contributed by atoms with Crippen LogP contribution in [-0.2, 0) is 22.8 Å². The van der Waals surface area contributed by atoms with Crippen LogP contribution in [0.5, 0.6) is 23.0 Å². The average Bonchev–Trinajstić information content (AvgIpc) is 3.72. The average molecular weight is 855 g/mol. The van der Waals surface area contributed by atoms with Crippen LogP contribution in [0.4, 0.5) is 0 Å². The quantitative estimate of drug-likeness (QED) is 0.117. The second-order valence-electron chi connectivity index (χ2n) is 12.3. The Morgan fingerprint density at radius 1 is 0.774 bits per heavy atom. The summed E-state index contributed by atoms with van der Waals surface area (Å²) in [6.07, 6.45) is 0. The molecular formula is C40H46Br2N4O7. The Balaban J connectivity index is 0.000000205. The molecule has 5 N–H and O–H groups in total. The largest absolute Gasteiger partial charge is 0.491 e. The number of carbonyl (C=O) groups excluding carboxylic acids is 3. The number of benzene rings is 4. The van der Waals surface area contributed by atoms with Crippen molar-refractivity contribution in [3.8, 4) is 23.0 Å². The highest BCUT2D eigenvalue weighted by Gasteiger charge is 2.24. The molecule has 0 saturated carbocycles. The Bertz CT molecular complexity index is 1890. The van der Waals surface area contributed by atoms with E-state index in [4.69, 9.17) is 24.7 Å². The predicted molar refractivity (Wildman–Crippen MR) is 212 cm³/mol. The molecule has 6 rings (SSSR count). The number of carbonyl (C=O) groups is 3. The maximum atomic E-state index is 11.5. The number of rotatable bonds is 12. The molecule has 53 heavy (non-hydrogen) atoms. The van der Waals surface area contributed by atoms with Gasteiger partial charge in [-0.1, -0.05) is 56.1 Å². The van der Waals surface area contributed by atoms with E-state index < -0.39 is 0 Å². The molecule has 4 aromatic rings. The molecule has 2 heterocycles. The fourth-order valence-corrected chi connectivity index (χ4v) is 6.10. The van der Waals surface area contributed by atoms with E-state index in [0.29, 0.717) is 63.1 Å². The first-order valence-corrected chi connectivity index (χ1v) is 18.8. The van der Waals surface area contributed by atoms with Crippen molar-refractivity contribution >= 4 is 49.5 Å². The third-order valence-corrected chi connectivity index (χ3v) is 10.1. The van der Waals surface area contributed by atoms with E-state index in [0.717, 1.165) is 37.1 Å². The van der Waals surface area contributed by atoms with E-state index in [-0.39, 0.29) is 30.2 Å². The summed E-state index contributed by atoms with van der Waals surface area (Å²) in [6, 6.07) is 23.6. The van der Waals surface area contributed by atoms with Crippen LogP contribution in [-0.4, -0.2) is 57.0 Å². The molecule has 1 atom stereocenters. The first-order chi connectivity index (χ1) is 25.5. The monoisotopic (exact) mass is 852 g/mol. The van der Waals surface area contributed by atoms with Crippen molar-refractivity contribution in [1.82, 2.24) is 16.0 Å². The smallest absolute Gasteiger partial charge is 0.216 e. The molecule has 0 bridgehead atoms. The summed E-state index contributed by atoms with van der Waals surface area (Å²) in [5, 5.41) is 8.71. The summed E-state index contributed by atoms with van der Waals surface area (Å²) in [7, 11) is 0. The molecule has 1 unspecified atom stereocenters. The minimum Gasteiger partial charge on any atom is -0.491 e. The Morgan fingerprint density at radius 2 is 1.34 bits per heavy atom. The molecular weight excluding hydrogens is 808 g/mol. The number of Topliss-reactive ketones (excluding diaryl/α,β-unsaturated/α-hetero) is 1. The van der Waals surface area contributed by atoms with Crippen LogP contribution in [0.15, 0.2) is 81.7 Å². The summed E-state index contributed by atoms with van der Waals surface area (Å²) < 4.78 is 25.0. The van der Waals surface area contributed by atoms with Gasteiger partial charge in [0.15, 0.2) is 6.61 Å². The number of nitrogens with one attached hydrogen (secondary N) is 3. The van der Waals surface area contributed by atoms with E-state index in [2.05, 4.69) is 60.8 Å². The van der Waals surface area contributed by atoms with Crippen molar-refractivity contribution < 1.29 is 33.3 Å². The molecule has 2 aliphatic rings. The topological polar surface area (TPSA) is 150 Å². The zero-order chi connectivity index (χ0) is 38.3. The van der Waals surface area contributed by atoms with Gasteiger partial charge in [-0.3, -0.25) is 14.4 Å². The van der Waals surface area contributed by atoms with Crippen molar-refractivity contribution in [2.75, 3.05) is 39.4 Å². The van der Waals surface area contributed by atoms with E-state index in [1.807, 2.05) is 55.5 Å². The molecule has 0 saturated heterocycles. The normalized spacial score (nSPS) is 13.5. The van der Waals surface area contributed by atoms with Gasteiger partial charge in [0.25, 0.3) is 0 Å². The van der Waals surface area contributed by atoms with Crippen molar-refractivity contribution in [3.05, 3.63) is 115 Å². The number of hydrogen-bond acceptors (Lipinski definition) is 9. The summed E-state index contributed by atoms with van der Waals surface area (Å²) >= 11 is 7.05. The number of ketones is 1. The SMILES string of the molecule is CC(=O)NCCN.CC(=O)NCCNC1COc2cc(OCc3cccc(Br)c3C)ccc21.Cc1c(Br)cccc1COc1ccc2c(c1)OCC2=O. The van der Waals surface area contributed by atoms with Crippen molar-refractivity contribution in [2.45, 2.75) is 47.0 Å². The van der Waals surface area contributed by atoms with E-state index in [1.165, 1.54) is 25.0 Å². The Morgan fingerprint density at radius 3 is 1.91 bits per heavy atom. The first kappa shape index (κ1) is 41.3. The van der Waals surface area contributed by atoms with Crippen LogP contribution in [0, 0.1) is 13.8 Å².